The van der Waals surface area contributed by atoms with Gasteiger partial charge in [0.15, 0.2) is 0 Å². The number of hydrogen-bond donors (Lipinski definition) is 1. The molecule has 4 heteroatoms. The third kappa shape index (κ3) is 3.61. The molecule has 1 aromatic rings. The highest BCUT2D eigenvalue weighted by Crippen LogP contribution is 2.32. The highest BCUT2D eigenvalue weighted by atomic mass is 32.2. The Morgan fingerprint density at radius 1 is 1.38 bits per heavy atom. The zero-order chi connectivity index (χ0) is 14.7. The van der Waals surface area contributed by atoms with Gasteiger partial charge in [-0.15, -0.1) is 0 Å². The molecule has 0 aliphatic carbocycles. The average Bonchev–Trinajstić information content (AvgIpc) is 2.91. The van der Waals surface area contributed by atoms with Crippen molar-refractivity contribution in [1.82, 2.24) is 10.2 Å². The van der Waals surface area contributed by atoms with Crippen molar-refractivity contribution in [3.05, 3.63) is 35.9 Å². The first-order valence-electron chi connectivity index (χ1n) is 7.89. The quantitative estimate of drug-likeness (QED) is 0.931. The number of nitrogens with one attached hydrogen (secondary N) is 1. The monoisotopic (exact) mass is 304 g/mol. The van der Waals surface area contributed by atoms with Gasteiger partial charge in [0.1, 0.15) is 0 Å². The molecule has 2 aliphatic heterocycles. The van der Waals surface area contributed by atoms with E-state index in [1.54, 1.807) is 0 Å². The number of hydrogen-bond acceptors (Lipinski definition) is 3. The molecule has 3 atom stereocenters. The van der Waals surface area contributed by atoms with Gasteiger partial charge in [-0.05, 0) is 18.9 Å². The van der Waals surface area contributed by atoms with Crippen LogP contribution in [-0.4, -0.2) is 47.5 Å². The number of thioether (sulfide) groups is 1. The molecule has 3 nitrogen and oxygen atoms in total. The summed E-state index contributed by atoms with van der Waals surface area (Å²) in [5.41, 5.74) is 1.37. The van der Waals surface area contributed by atoms with E-state index in [1.807, 2.05) is 11.8 Å². The fourth-order valence-electron chi connectivity index (χ4n) is 3.42. The summed E-state index contributed by atoms with van der Waals surface area (Å²) in [6, 6.07) is 11.3. The number of nitrogens with zero attached hydrogens (tertiary/aromatic N) is 1. The van der Waals surface area contributed by atoms with Crippen molar-refractivity contribution < 1.29 is 4.79 Å². The van der Waals surface area contributed by atoms with E-state index >= 15 is 0 Å². The maximum Gasteiger partial charge on any atom is 0.224 e. The number of carbonyl (C=O) groups excluding carboxylic acids is 1. The van der Waals surface area contributed by atoms with Crippen molar-refractivity contribution in [2.75, 3.05) is 24.6 Å². The molecule has 2 heterocycles. The van der Waals surface area contributed by atoms with Crippen LogP contribution in [0.1, 0.15) is 31.2 Å². The molecule has 114 valence electrons. The maximum absolute atomic E-state index is 12.6. The lowest BCUT2D eigenvalue weighted by Gasteiger charge is -2.27. The van der Waals surface area contributed by atoms with Gasteiger partial charge < -0.3 is 10.2 Å². The third-order valence-electron chi connectivity index (χ3n) is 4.59. The van der Waals surface area contributed by atoms with Crippen LogP contribution in [0.15, 0.2) is 30.3 Å². The first kappa shape index (κ1) is 14.9. The van der Waals surface area contributed by atoms with Gasteiger partial charge in [0.2, 0.25) is 5.91 Å². The zero-order valence-electron chi connectivity index (χ0n) is 12.6. The van der Waals surface area contributed by atoms with E-state index in [2.05, 4.69) is 47.5 Å². The normalized spacial score (nSPS) is 29.6. The Morgan fingerprint density at radius 3 is 2.90 bits per heavy atom. The van der Waals surface area contributed by atoms with E-state index < -0.39 is 0 Å². The summed E-state index contributed by atoms with van der Waals surface area (Å²) in [7, 11) is 0. The van der Waals surface area contributed by atoms with Crippen LogP contribution in [0.2, 0.25) is 0 Å². The number of likely N-dealkylation sites (tertiary alicyclic amines) is 1. The van der Waals surface area contributed by atoms with Gasteiger partial charge >= 0.3 is 0 Å². The van der Waals surface area contributed by atoms with E-state index in [0.717, 1.165) is 25.3 Å². The Balaban J connectivity index is 1.59. The molecule has 2 saturated heterocycles. The van der Waals surface area contributed by atoms with E-state index in [4.69, 9.17) is 0 Å². The molecule has 0 radical (unpaired) electrons. The Morgan fingerprint density at radius 2 is 2.19 bits per heavy atom. The lowest BCUT2D eigenvalue weighted by Crippen LogP contribution is -2.43. The van der Waals surface area contributed by atoms with E-state index in [-0.39, 0.29) is 0 Å². The molecule has 2 fully saturated rings. The first-order chi connectivity index (χ1) is 10.2. The molecule has 0 aromatic heterocycles. The molecule has 3 rings (SSSR count). The zero-order valence-corrected chi connectivity index (χ0v) is 13.4. The van der Waals surface area contributed by atoms with Crippen molar-refractivity contribution >= 4 is 17.7 Å². The van der Waals surface area contributed by atoms with Crippen molar-refractivity contribution in [1.29, 1.82) is 0 Å². The first-order valence-corrected chi connectivity index (χ1v) is 9.05. The van der Waals surface area contributed by atoms with E-state index in [9.17, 15) is 4.79 Å². The molecule has 1 amide bonds. The summed E-state index contributed by atoms with van der Waals surface area (Å²) < 4.78 is 0. The maximum atomic E-state index is 12.6. The predicted molar refractivity (Wildman–Crippen MR) is 88.7 cm³/mol. The van der Waals surface area contributed by atoms with E-state index in [1.165, 1.54) is 11.3 Å². The van der Waals surface area contributed by atoms with Crippen LogP contribution in [0.4, 0.5) is 0 Å². The van der Waals surface area contributed by atoms with Gasteiger partial charge in [-0.3, -0.25) is 4.79 Å². The molecule has 0 saturated carbocycles. The van der Waals surface area contributed by atoms with Crippen LogP contribution in [0.5, 0.6) is 0 Å². The molecular weight excluding hydrogens is 280 g/mol. The van der Waals surface area contributed by atoms with Crippen molar-refractivity contribution in [3.63, 3.8) is 0 Å². The second kappa shape index (κ2) is 6.84. The lowest BCUT2D eigenvalue weighted by atomic mass is 9.97. The number of benzene rings is 1. The Kier molecular flexibility index (Phi) is 4.86. The van der Waals surface area contributed by atoms with Gasteiger partial charge in [-0.1, -0.05) is 30.3 Å². The van der Waals surface area contributed by atoms with Crippen LogP contribution in [0, 0.1) is 0 Å². The second-order valence-corrected chi connectivity index (χ2v) is 7.32. The van der Waals surface area contributed by atoms with Gasteiger partial charge in [-0.25, -0.2) is 0 Å². The van der Waals surface area contributed by atoms with Crippen LogP contribution >= 0.6 is 11.8 Å². The largest absolute Gasteiger partial charge is 0.339 e. The van der Waals surface area contributed by atoms with Crippen molar-refractivity contribution in [2.24, 2.45) is 0 Å². The molecule has 2 aliphatic rings. The standard InChI is InChI=1S/C17H24N2OS/c1-13-9-15(14-5-3-2-4-6-14)11-19(13)17(20)10-16-12-21-8-7-18-16/h2-6,13,15-16,18H,7-12H2,1H3. The summed E-state index contributed by atoms with van der Waals surface area (Å²) in [6.45, 7) is 4.10. The Hall–Kier alpha value is -1.000. The van der Waals surface area contributed by atoms with Crippen molar-refractivity contribution in [2.45, 2.75) is 37.8 Å². The number of amides is 1. The highest BCUT2D eigenvalue weighted by Gasteiger charge is 2.33. The third-order valence-corrected chi connectivity index (χ3v) is 5.72. The van der Waals surface area contributed by atoms with Crippen LogP contribution in [0.25, 0.3) is 0 Å². The molecule has 0 bridgehead atoms. The minimum absolute atomic E-state index is 0.320. The summed E-state index contributed by atoms with van der Waals surface area (Å²) in [5.74, 6) is 3.05. The average molecular weight is 304 g/mol. The molecular formula is C17H24N2OS. The fourth-order valence-corrected chi connectivity index (χ4v) is 4.37. The van der Waals surface area contributed by atoms with Crippen molar-refractivity contribution in [3.8, 4) is 0 Å². The minimum Gasteiger partial charge on any atom is -0.339 e. The lowest BCUT2D eigenvalue weighted by molar-refractivity contribution is -0.132. The smallest absolute Gasteiger partial charge is 0.224 e. The summed E-state index contributed by atoms with van der Waals surface area (Å²) in [4.78, 5) is 14.7. The molecule has 1 N–H and O–H groups in total. The van der Waals surface area contributed by atoms with Crippen LogP contribution in [-0.2, 0) is 4.79 Å². The SMILES string of the molecule is CC1CC(c2ccccc2)CN1C(=O)CC1CSCCN1. The molecule has 3 unspecified atom stereocenters. The Bertz CT molecular complexity index is 473. The Labute approximate surface area is 131 Å². The highest BCUT2D eigenvalue weighted by molar-refractivity contribution is 7.99. The number of rotatable bonds is 3. The number of carbonyl (C=O) groups is 1. The van der Waals surface area contributed by atoms with Gasteiger partial charge in [0.25, 0.3) is 0 Å². The second-order valence-electron chi connectivity index (χ2n) is 6.17. The van der Waals surface area contributed by atoms with Gasteiger partial charge in [-0.2, -0.15) is 11.8 Å². The van der Waals surface area contributed by atoms with Gasteiger partial charge in [0.05, 0.1) is 0 Å². The minimum atomic E-state index is 0.320. The topological polar surface area (TPSA) is 32.3 Å². The summed E-state index contributed by atoms with van der Waals surface area (Å²) in [5, 5.41) is 3.46. The molecule has 21 heavy (non-hydrogen) atoms. The van der Waals surface area contributed by atoms with Crippen LogP contribution < -0.4 is 5.32 Å². The summed E-state index contributed by atoms with van der Waals surface area (Å²) in [6.07, 6.45) is 1.74. The molecule has 0 spiro atoms. The molecule has 1 aromatic carbocycles. The van der Waals surface area contributed by atoms with E-state index in [0.29, 0.717) is 30.3 Å². The van der Waals surface area contributed by atoms with Gasteiger partial charge in [0, 0.05) is 49.0 Å². The predicted octanol–water partition coefficient (Wildman–Crippen LogP) is 2.49. The fraction of sp³-hybridized carbons (Fsp3) is 0.588. The van der Waals surface area contributed by atoms with Crippen LogP contribution in [0.3, 0.4) is 0 Å². The summed E-state index contributed by atoms with van der Waals surface area (Å²) >= 11 is 1.95.